The molecule has 0 radical (unpaired) electrons. The average Bonchev–Trinajstić information content (AvgIpc) is 2.72. The van der Waals surface area contributed by atoms with Crippen LogP contribution in [0.4, 0.5) is 0 Å². The molecule has 0 aliphatic carbocycles. The molecule has 0 fully saturated rings. The minimum Gasteiger partial charge on any atom is -0.352 e. The molecule has 23 heavy (non-hydrogen) atoms. The third-order valence-corrected chi connectivity index (χ3v) is 3.82. The van der Waals surface area contributed by atoms with E-state index in [-0.39, 0.29) is 42.2 Å². The van der Waals surface area contributed by atoms with E-state index in [0.717, 1.165) is 16.8 Å². The Morgan fingerprint density at radius 1 is 1.39 bits per heavy atom. The zero-order valence-electron chi connectivity index (χ0n) is 13.6. The minimum absolute atomic E-state index is 0. The van der Waals surface area contributed by atoms with E-state index in [0.29, 0.717) is 24.1 Å². The van der Waals surface area contributed by atoms with Crippen LogP contribution in [0, 0.1) is 19.8 Å². The number of nitrogens with one attached hydrogen (secondary N) is 2. The number of aryl methyl sites for hydroxylation is 3. The molecule has 2 heterocycles. The van der Waals surface area contributed by atoms with Gasteiger partial charge >= 0.3 is 0 Å². The highest BCUT2D eigenvalue weighted by atomic mass is 35.5. The SMILES string of the molecule is Cc1nc2c(c(C)c1CNC(=O)C(C)CN)c(=O)[nH]n2C.Cl.Cl. The van der Waals surface area contributed by atoms with E-state index in [9.17, 15) is 9.59 Å². The maximum Gasteiger partial charge on any atom is 0.273 e. The van der Waals surface area contributed by atoms with Crippen molar-refractivity contribution < 1.29 is 4.79 Å². The second kappa shape index (κ2) is 8.33. The van der Waals surface area contributed by atoms with Gasteiger partial charge in [-0.3, -0.25) is 19.4 Å². The van der Waals surface area contributed by atoms with Crippen LogP contribution >= 0.6 is 24.8 Å². The molecule has 4 N–H and O–H groups in total. The minimum atomic E-state index is -0.234. The highest BCUT2D eigenvalue weighted by Crippen LogP contribution is 2.19. The third-order valence-electron chi connectivity index (χ3n) is 3.82. The largest absolute Gasteiger partial charge is 0.352 e. The maximum absolute atomic E-state index is 12.0. The lowest BCUT2D eigenvalue weighted by Gasteiger charge is -2.13. The number of fused-ring (bicyclic) bond motifs is 1. The number of H-pyrrole nitrogens is 1. The van der Waals surface area contributed by atoms with Crippen LogP contribution in [0.3, 0.4) is 0 Å². The molecule has 0 aromatic carbocycles. The van der Waals surface area contributed by atoms with Gasteiger partial charge in [-0.25, -0.2) is 4.98 Å². The molecule has 0 aliphatic heterocycles. The van der Waals surface area contributed by atoms with Crippen LogP contribution in [0.2, 0.25) is 0 Å². The first-order chi connectivity index (χ1) is 9.86. The predicted octanol–water partition coefficient (Wildman–Crippen LogP) is 0.933. The number of hydrogen-bond acceptors (Lipinski definition) is 4. The standard InChI is InChI=1S/C14H21N5O2.2ClH/c1-7(5-15)13(20)16-6-10-8(2)11-12(17-9(10)3)19(4)18-14(11)21;;/h7H,5-6,15H2,1-4H3,(H,16,20)(H,18,21);2*1H. The number of carbonyl (C=O) groups excluding carboxylic acids is 1. The van der Waals surface area contributed by atoms with Crippen molar-refractivity contribution in [2.45, 2.75) is 27.3 Å². The molecule has 9 heteroatoms. The number of rotatable bonds is 4. The number of aromatic nitrogens is 3. The van der Waals surface area contributed by atoms with Crippen LogP contribution in [0.15, 0.2) is 4.79 Å². The average molecular weight is 364 g/mol. The molecule has 0 spiro atoms. The van der Waals surface area contributed by atoms with E-state index in [1.54, 1.807) is 18.7 Å². The Labute approximate surface area is 146 Å². The van der Waals surface area contributed by atoms with E-state index >= 15 is 0 Å². The normalized spacial score (nSPS) is 11.5. The molecule has 1 amide bonds. The molecule has 0 bridgehead atoms. The molecule has 1 unspecified atom stereocenters. The maximum atomic E-state index is 12.0. The molecule has 7 nitrogen and oxygen atoms in total. The first kappa shape index (κ1) is 21.4. The lowest BCUT2D eigenvalue weighted by Crippen LogP contribution is -2.33. The fraction of sp³-hybridized carbons (Fsp3) is 0.500. The molecule has 0 aliphatic rings. The van der Waals surface area contributed by atoms with Crippen LogP contribution in [-0.2, 0) is 18.4 Å². The van der Waals surface area contributed by atoms with Crippen molar-refractivity contribution in [3.05, 3.63) is 27.2 Å². The fourth-order valence-corrected chi connectivity index (χ4v) is 2.37. The summed E-state index contributed by atoms with van der Waals surface area (Å²) in [5, 5.41) is 6.11. The lowest BCUT2D eigenvalue weighted by atomic mass is 10.0. The molecule has 1 atom stereocenters. The summed E-state index contributed by atoms with van der Waals surface area (Å²) < 4.78 is 1.61. The quantitative estimate of drug-likeness (QED) is 0.751. The second-order valence-electron chi connectivity index (χ2n) is 5.35. The number of pyridine rings is 1. The van der Waals surface area contributed by atoms with E-state index in [1.165, 1.54) is 0 Å². The molecule has 2 rings (SSSR count). The second-order valence-corrected chi connectivity index (χ2v) is 5.35. The van der Waals surface area contributed by atoms with Gasteiger partial charge in [0.05, 0.1) is 5.39 Å². The number of halogens is 2. The van der Waals surface area contributed by atoms with E-state index in [2.05, 4.69) is 15.4 Å². The van der Waals surface area contributed by atoms with Gasteiger partial charge in [0.2, 0.25) is 5.91 Å². The van der Waals surface area contributed by atoms with Gasteiger partial charge in [-0.2, -0.15) is 0 Å². The number of nitrogens with zero attached hydrogens (tertiary/aromatic N) is 2. The van der Waals surface area contributed by atoms with E-state index in [4.69, 9.17) is 5.73 Å². The molecule has 0 saturated heterocycles. The van der Waals surface area contributed by atoms with Crippen LogP contribution in [0.1, 0.15) is 23.7 Å². The summed E-state index contributed by atoms with van der Waals surface area (Å²) in [7, 11) is 1.75. The van der Waals surface area contributed by atoms with E-state index in [1.807, 2.05) is 13.8 Å². The van der Waals surface area contributed by atoms with Gasteiger partial charge in [0.1, 0.15) is 0 Å². The van der Waals surface area contributed by atoms with Crippen molar-refractivity contribution in [2.24, 2.45) is 18.7 Å². The van der Waals surface area contributed by atoms with Crippen molar-refractivity contribution in [1.82, 2.24) is 20.1 Å². The fourth-order valence-electron chi connectivity index (χ4n) is 2.37. The first-order valence-corrected chi connectivity index (χ1v) is 6.89. The molecule has 0 saturated carbocycles. The van der Waals surface area contributed by atoms with Gasteiger partial charge in [0.15, 0.2) is 5.65 Å². The molecule has 130 valence electrons. The molecule has 2 aromatic heterocycles. The van der Waals surface area contributed by atoms with Crippen LogP contribution in [-0.4, -0.2) is 27.2 Å². The van der Waals surface area contributed by atoms with Gasteiger partial charge in [-0.05, 0) is 25.0 Å². The van der Waals surface area contributed by atoms with Crippen LogP contribution in [0.5, 0.6) is 0 Å². The van der Waals surface area contributed by atoms with Crippen LogP contribution in [0.25, 0.3) is 11.0 Å². The Morgan fingerprint density at radius 3 is 2.57 bits per heavy atom. The highest BCUT2D eigenvalue weighted by Gasteiger charge is 2.16. The number of carbonyl (C=O) groups is 1. The van der Waals surface area contributed by atoms with Crippen molar-refractivity contribution in [2.75, 3.05) is 6.54 Å². The summed E-state index contributed by atoms with van der Waals surface area (Å²) in [6.07, 6.45) is 0. The van der Waals surface area contributed by atoms with Crippen molar-refractivity contribution in [3.63, 3.8) is 0 Å². The smallest absolute Gasteiger partial charge is 0.273 e. The topological polar surface area (TPSA) is 106 Å². The Balaban J connectivity index is 0.00000242. The lowest BCUT2D eigenvalue weighted by molar-refractivity contribution is -0.124. The Kier molecular flexibility index (Phi) is 7.76. The number of nitrogens with two attached hydrogens (primary N) is 1. The summed E-state index contributed by atoms with van der Waals surface area (Å²) in [5.41, 5.74) is 8.46. The van der Waals surface area contributed by atoms with Gasteiger partial charge in [0, 0.05) is 31.7 Å². The van der Waals surface area contributed by atoms with Crippen molar-refractivity contribution in [3.8, 4) is 0 Å². The molecular weight excluding hydrogens is 341 g/mol. The van der Waals surface area contributed by atoms with E-state index < -0.39 is 0 Å². The third kappa shape index (κ3) is 4.04. The number of hydrogen-bond donors (Lipinski definition) is 3. The van der Waals surface area contributed by atoms with Crippen molar-refractivity contribution >= 4 is 41.8 Å². The zero-order valence-corrected chi connectivity index (χ0v) is 15.2. The van der Waals surface area contributed by atoms with Crippen LogP contribution < -0.4 is 16.6 Å². The summed E-state index contributed by atoms with van der Waals surface area (Å²) in [5.74, 6) is -0.333. The summed E-state index contributed by atoms with van der Waals surface area (Å²) in [6.45, 7) is 6.17. The zero-order chi connectivity index (χ0) is 15.7. The number of aromatic amines is 1. The van der Waals surface area contributed by atoms with Crippen molar-refractivity contribution in [1.29, 1.82) is 0 Å². The first-order valence-electron chi connectivity index (χ1n) is 6.89. The summed E-state index contributed by atoms with van der Waals surface area (Å²) in [4.78, 5) is 28.2. The Bertz CT molecular complexity index is 754. The van der Waals surface area contributed by atoms with Gasteiger partial charge < -0.3 is 11.1 Å². The van der Waals surface area contributed by atoms with Gasteiger partial charge in [-0.15, -0.1) is 24.8 Å². The number of amides is 1. The Morgan fingerprint density at radius 2 is 2.00 bits per heavy atom. The Hall–Kier alpha value is -1.57. The summed E-state index contributed by atoms with van der Waals surface area (Å²) in [6, 6.07) is 0. The highest BCUT2D eigenvalue weighted by molar-refractivity contribution is 5.85. The molecular formula is C14H23Cl2N5O2. The monoisotopic (exact) mass is 363 g/mol. The molecule has 2 aromatic rings. The van der Waals surface area contributed by atoms with Gasteiger partial charge in [0.25, 0.3) is 5.56 Å². The summed E-state index contributed by atoms with van der Waals surface area (Å²) >= 11 is 0. The predicted molar refractivity (Wildman–Crippen MR) is 95.4 cm³/mol. The van der Waals surface area contributed by atoms with Gasteiger partial charge in [-0.1, -0.05) is 6.92 Å².